The molecule has 1 fully saturated rings. The number of likely N-dealkylation sites (tertiary alicyclic amines) is 1. The third kappa shape index (κ3) is 2.90. The maximum Gasteiger partial charge on any atom is 0.223 e. The molecule has 0 unspecified atom stereocenters. The summed E-state index contributed by atoms with van der Waals surface area (Å²) in [6.07, 6.45) is 9.37. The molecule has 1 atom stereocenters. The average molecular weight is 319 g/mol. The van der Waals surface area contributed by atoms with Gasteiger partial charge < -0.3 is 9.88 Å². The number of nitrogens with zero attached hydrogens (tertiary/aromatic N) is 4. The second-order valence-electron chi connectivity index (χ2n) is 5.96. The molecule has 1 N–H and O–H groups in total. The number of amides is 1. The summed E-state index contributed by atoms with van der Waals surface area (Å²) in [7, 11) is 0. The topological polar surface area (TPSA) is 74.8 Å². The van der Waals surface area contributed by atoms with Crippen LogP contribution >= 0.6 is 0 Å². The van der Waals surface area contributed by atoms with E-state index in [1.54, 1.807) is 31.0 Å². The van der Waals surface area contributed by atoms with Crippen LogP contribution in [0.2, 0.25) is 0 Å². The zero-order chi connectivity index (χ0) is 16.4. The monoisotopic (exact) mass is 319 g/mol. The standard InChI is InChI=1S/C18H17N5O/c24-17-7-15(12-23(17)11-13-3-1-5-19-8-13)18-21-10-16(22-18)14-4-2-6-20-9-14/h1-6,8-10,15H,7,11-12H2,(H,21,22)/t15-/m1/s1. The van der Waals surface area contributed by atoms with Crippen LogP contribution in [0.25, 0.3) is 11.3 Å². The molecule has 1 aliphatic heterocycles. The van der Waals surface area contributed by atoms with Gasteiger partial charge in [-0.25, -0.2) is 4.98 Å². The van der Waals surface area contributed by atoms with Crippen LogP contribution in [0.15, 0.2) is 55.2 Å². The molecule has 0 aliphatic carbocycles. The number of hydrogen-bond acceptors (Lipinski definition) is 4. The van der Waals surface area contributed by atoms with Crippen molar-refractivity contribution in [3.05, 3.63) is 66.6 Å². The Labute approximate surface area is 139 Å². The Morgan fingerprint density at radius 1 is 1.12 bits per heavy atom. The van der Waals surface area contributed by atoms with Crippen molar-refractivity contribution in [2.45, 2.75) is 18.9 Å². The van der Waals surface area contributed by atoms with E-state index >= 15 is 0 Å². The molecule has 1 amide bonds. The molecular formula is C18H17N5O. The summed E-state index contributed by atoms with van der Waals surface area (Å²) in [6, 6.07) is 7.75. The highest BCUT2D eigenvalue weighted by Gasteiger charge is 2.32. The summed E-state index contributed by atoms with van der Waals surface area (Å²) < 4.78 is 0. The van der Waals surface area contributed by atoms with Gasteiger partial charge in [0.25, 0.3) is 0 Å². The van der Waals surface area contributed by atoms with E-state index in [0.29, 0.717) is 19.5 Å². The Morgan fingerprint density at radius 2 is 1.96 bits per heavy atom. The molecule has 1 saturated heterocycles. The molecule has 4 heterocycles. The number of rotatable bonds is 4. The number of imidazole rings is 1. The molecule has 6 heteroatoms. The molecule has 120 valence electrons. The highest BCUT2D eigenvalue weighted by atomic mass is 16.2. The lowest BCUT2D eigenvalue weighted by Crippen LogP contribution is -2.24. The summed E-state index contributed by atoms with van der Waals surface area (Å²) in [6.45, 7) is 1.27. The molecular weight excluding hydrogens is 302 g/mol. The average Bonchev–Trinajstić information content (AvgIpc) is 3.24. The Morgan fingerprint density at radius 3 is 2.71 bits per heavy atom. The smallest absolute Gasteiger partial charge is 0.223 e. The van der Waals surface area contributed by atoms with Crippen molar-refractivity contribution in [2.24, 2.45) is 0 Å². The van der Waals surface area contributed by atoms with Crippen LogP contribution in [-0.2, 0) is 11.3 Å². The van der Waals surface area contributed by atoms with Gasteiger partial charge in [-0.3, -0.25) is 14.8 Å². The fourth-order valence-electron chi connectivity index (χ4n) is 3.03. The summed E-state index contributed by atoms with van der Waals surface area (Å²) in [5, 5.41) is 0. The molecule has 0 radical (unpaired) electrons. The van der Waals surface area contributed by atoms with E-state index in [1.807, 2.05) is 29.2 Å². The van der Waals surface area contributed by atoms with Gasteiger partial charge >= 0.3 is 0 Å². The van der Waals surface area contributed by atoms with E-state index in [-0.39, 0.29) is 11.8 Å². The van der Waals surface area contributed by atoms with Crippen molar-refractivity contribution in [3.63, 3.8) is 0 Å². The number of hydrogen-bond donors (Lipinski definition) is 1. The number of carbonyl (C=O) groups excluding carboxylic acids is 1. The van der Waals surface area contributed by atoms with E-state index in [9.17, 15) is 4.79 Å². The van der Waals surface area contributed by atoms with Crippen molar-refractivity contribution in [3.8, 4) is 11.3 Å². The zero-order valence-corrected chi connectivity index (χ0v) is 13.1. The van der Waals surface area contributed by atoms with Crippen LogP contribution in [0.1, 0.15) is 23.7 Å². The number of carbonyl (C=O) groups is 1. The fourth-order valence-corrected chi connectivity index (χ4v) is 3.03. The highest BCUT2D eigenvalue weighted by molar-refractivity contribution is 5.79. The van der Waals surface area contributed by atoms with Gasteiger partial charge in [-0.2, -0.15) is 0 Å². The summed E-state index contributed by atoms with van der Waals surface area (Å²) >= 11 is 0. The Bertz CT molecular complexity index is 831. The summed E-state index contributed by atoms with van der Waals surface area (Å²) in [5.41, 5.74) is 2.96. The number of nitrogens with one attached hydrogen (secondary N) is 1. The van der Waals surface area contributed by atoms with Crippen LogP contribution in [-0.4, -0.2) is 37.3 Å². The fraction of sp³-hybridized carbons (Fsp3) is 0.222. The zero-order valence-electron chi connectivity index (χ0n) is 13.1. The van der Waals surface area contributed by atoms with E-state index in [1.165, 1.54) is 0 Å². The highest BCUT2D eigenvalue weighted by Crippen LogP contribution is 2.28. The number of aromatic amines is 1. The van der Waals surface area contributed by atoms with Crippen LogP contribution < -0.4 is 0 Å². The molecule has 0 saturated carbocycles. The molecule has 4 rings (SSSR count). The Hall–Kier alpha value is -3.02. The van der Waals surface area contributed by atoms with Crippen LogP contribution in [0, 0.1) is 0 Å². The number of aromatic nitrogens is 4. The van der Waals surface area contributed by atoms with Gasteiger partial charge in [-0.15, -0.1) is 0 Å². The van der Waals surface area contributed by atoms with Crippen LogP contribution in [0.4, 0.5) is 0 Å². The first kappa shape index (κ1) is 14.6. The lowest BCUT2D eigenvalue weighted by Gasteiger charge is -2.15. The Balaban J connectivity index is 1.48. The number of H-pyrrole nitrogens is 1. The van der Waals surface area contributed by atoms with E-state index < -0.39 is 0 Å². The maximum atomic E-state index is 12.3. The summed E-state index contributed by atoms with van der Waals surface area (Å²) in [4.78, 5) is 30.2. The van der Waals surface area contributed by atoms with Gasteiger partial charge in [0.2, 0.25) is 5.91 Å². The minimum atomic E-state index is 0.0968. The van der Waals surface area contributed by atoms with E-state index in [2.05, 4.69) is 19.9 Å². The maximum absolute atomic E-state index is 12.3. The molecule has 3 aromatic rings. The first-order chi connectivity index (χ1) is 11.8. The predicted octanol–water partition coefficient (Wildman–Crippen LogP) is 2.38. The van der Waals surface area contributed by atoms with Crippen LogP contribution in [0.3, 0.4) is 0 Å². The molecule has 6 nitrogen and oxygen atoms in total. The lowest BCUT2D eigenvalue weighted by molar-refractivity contribution is -0.128. The molecule has 24 heavy (non-hydrogen) atoms. The third-order valence-electron chi connectivity index (χ3n) is 4.27. The molecule has 0 aromatic carbocycles. The van der Waals surface area contributed by atoms with Gasteiger partial charge in [0.15, 0.2) is 0 Å². The van der Waals surface area contributed by atoms with Crippen molar-refractivity contribution in [2.75, 3.05) is 6.54 Å². The van der Waals surface area contributed by atoms with Gasteiger partial charge in [0, 0.05) is 55.8 Å². The molecule has 1 aliphatic rings. The second kappa shape index (κ2) is 6.23. The summed E-state index contributed by atoms with van der Waals surface area (Å²) in [5.74, 6) is 1.11. The largest absolute Gasteiger partial charge is 0.342 e. The normalized spacial score (nSPS) is 17.4. The Kier molecular flexibility index (Phi) is 3.78. The number of pyridine rings is 2. The van der Waals surface area contributed by atoms with Gasteiger partial charge in [0.05, 0.1) is 11.9 Å². The van der Waals surface area contributed by atoms with Crippen LogP contribution in [0.5, 0.6) is 0 Å². The van der Waals surface area contributed by atoms with E-state index in [4.69, 9.17) is 0 Å². The first-order valence-corrected chi connectivity index (χ1v) is 7.91. The van der Waals surface area contributed by atoms with Crippen molar-refractivity contribution in [1.29, 1.82) is 0 Å². The molecule has 0 spiro atoms. The van der Waals surface area contributed by atoms with E-state index in [0.717, 1.165) is 22.6 Å². The quantitative estimate of drug-likeness (QED) is 0.801. The lowest BCUT2D eigenvalue weighted by atomic mass is 10.1. The van der Waals surface area contributed by atoms with Gasteiger partial charge in [-0.1, -0.05) is 6.07 Å². The molecule has 3 aromatic heterocycles. The predicted molar refractivity (Wildman–Crippen MR) is 88.8 cm³/mol. The SMILES string of the molecule is O=C1C[C@@H](c2ncc(-c3cccnc3)[nH]2)CN1Cc1cccnc1. The van der Waals surface area contributed by atoms with Crippen molar-refractivity contribution >= 4 is 5.91 Å². The molecule has 0 bridgehead atoms. The minimum absolute atomic E-state index is 0.0968. The first-order valence-electron chi connectivity index (χ1n) is 7.91. The second-order valence-corrected chi connectivity index (χ2v) is 5.96. The van der Waals surface area contributed by atoms with Crippen molar-refractivity contribution < 1.29 is 4.79 Å². The third-order valence-corrected chi connectivity index (χ3v) is 4.27. The minimum Gasteiger partial charge on any atom is -0.342 e. The van der Waals surface area contributed by atoms with Gasteiger partial charge in [-0.05, 0) is 23.8 Å². The van der Waals surface area contributed by atoms with Gasteiger partial charge in [0.1, 0.15) is 5.82 Å². The van der Waals surface area contributed by atoms with Crippen molar-refractivity contribution in [1.82, 2.24) is 24.8 Å².